The maximum absolute atomic E-state index is 13.0. The summed E-state index contributed by atoms with van der Waals surface area (Å²) < 4.78 is 26.0. The zero-order valence-electron chi connectivity index (χ0n) is 10.4. The van der Waals surface area contributed by atoms with E-state index in [9.17, 15) is 8.78 Å². The molecule has 0 unspecified atom stereocenters. The van der Waals surface area contributed by atoms with Crippen LogP contribution in [0, 0.1) is 0 Å². The molecule has 0 bridgehead atoms. The molecule has 0 saturated carbocycles. The molecule has 102 valence electrons. The van der Waals surface area contributed by atoms with Crippen molar-refractivity contribution in [2.45, 2.75) is 5.92 Å². The lowest BCUT2D eigenvalue weighted by atomic mass is 10.1. The predicted molar refractivity (Wildman–Crippen MR) is 76.6 cm³/mol. The average Bonchev–Trinajstić information content (AvgIpc) is 3.04. The Morgan fingerprint density at radius 1 is 1.25 bits per heavy atom. The van der Waals surface area contributed by atoms with Crippen molar-refractivity contribution in [2.24, 2.45) is 0 Å². The molecular weight excluding hydrogens is 280 g/mol. The average molecular weight is 291 g/mol. The zero-order chi connectivity index (χ0) is 13.7. The number of hydrogen-bond acceptors (Lipinski definition) is 3. The first kappa shape index (κ1) is 11.8. The number of aromatic amines is 1. The summed E-state index contributed by atoms with van der Waals surface area (Å²) in [6.07, 6.45) is 1.75. The Hall–Kier alpha value is -1.95. The molecule has 4 rings (SSSR count). The fourth-order valence-electron chi connectivity index (χ4n) is 2.48. The first-order valence-corrected chi connectivity index (χ1v) is 7.20. The smallest absolute Gasteiger partial charge is 0.282 e. The number of fused-ring (bicyclic) bond motifs is 1. The summed E-state index contributed by atoms with van der Waals surface area (Å²) in [4.78, 5) is 9.36. The Labute approximate surface area is 117 Å². The van der Waals surface area contributed by atoms with Crippen molar-refractivity contribution in [1.29, 1.82) is 0 Å². The fourth-order valence-corrected chi connectivity index (χ4v) is 3.13. The van der Waals surface area contributed by atoms with Crippen LogP contribution in [0.15, 0.2) is 35.2 Å². The zero-order valence-corrected chi connectivity index (χ0v) is 11.3. The second-order valence-corrected chi connectivity index (χ2v) is 5.77. The summed E-state index contributed by atoms with van der Waals surface area (Å²) in [6.45, 7) is -0.464. The molecule has 1 aliphatic rings. The number of thiophene rings is 1. The molecular formula is C14H11F2N3S. The number of nitrogens with zero attached hydrogens (tertiary/aromatic N) is 2. The van der Waals surface area contributed by atoms with Crippen LogP contribution in [0.3, 0.4) is 0 Å². The van der Waals surface area contributed by atoms with Gasteiger partial charge < -0.3 is 9.88 Å². The minimum Gasteiger partial charge on any atom is -0.358 e. The monoisotopic (exact) mass is 291 g/mol. The standard InChI is InChI=1S/C14H11F2N3S/c15-14(16)7-19(8-14)12-5-17-11-2-1-10(18-13(11)12)9-3-4-20-6-9/h1-6,17H,7-8H2. The summed E-state index contributed by atoms with van der Waals surface area (Å²) in [7, 11) is 0. The predicted octanol–water partition coefficient (Wildman–Crippen LogP) is 3.75. The van der Waals surface area contributed by atoms with Crippen LogP contribution in [0.5, 0.6) is 0 Å². The van der Waals surface area contributed by atoms with Crippen LogP contribution in [0.1, 0.15) is 0 Å². The van der Waals surface area contributed by atoms with Crippen molar-refractivity contribution in [3.63, 3.8) is 0 Å². The molecule has 0 aliphatic carbocycles. The molecule has 0 amide bonds. The summed E-state index contributed by atoms with van der Waals surface area (Å²) in [6, 6.07) is 5.88. The minimum atomic E-state index is -2.57. The third-order valence-electron chi connectivity index (χ3n) is 3.50. The largest absolute Gasteiger partial charge is 0.358 e. The second-order valence-electron chi connectivity index (χ2n) is 4.99. The quantitative estimate of drug-likeness (QED) is 0.780. The SMILES string of the molecule is FC1(F)CN(c2c[nH]c3ccc(-c4ccsc4)nc23)C1. The van der Waals surface area contributed by atoms with Crippen LogP contribution in [0.25, 0.3) is 22.3 Å². The maximum atomic E-state index is 13.0. The Morgan fingerprint density at radius 2 is 2.10 bits per heavy atom. The second kappa shape index (κ2) is 4.02. The Balaban J connectivity index is 1.77. The number of nitrogens with one attached hydrogen (secondary N) is 1. The Bertz CT molecular complexity index is 756. The number of halogens is 2. The molecule has 6 heteroatoms. The van der Waals surface area contributed by atoms with Gasteiger partial charge in [0.25, 0.3) is 5.92 Å². The molecule has 4 heterocycles. The van der Waals surface area contributed by atoms with E-state index in [1.807, 2.05) is 29.0 Å². The van der Waals surface area contributed by atoms with Crippen molar-refractivity contribution in [3.05, 3.63) is 35.2 Å². The minimum absolute atomic E-state index is 0.232. The van der Waals surface area contributed by atoms with Gasteiger partial charge in [0.1, 0.15) is 5.52 Å². The van der Waals surface area contributed by atoms with Gasteiger partial charge in [-0.3, -0.25) is 0 Å². The first-order valence-electron chi connectivity index (χ1n) is 6.26. The van der Waals surface area contributed by atoms with Crippen LogP contribution < -0.4 is 4.90 Å². The fraction of sp³-hybridized carbons (Fsp3) is 0.214. The number of alkyl halides is 2. The van der Waals surface area contributed by atoms with Crippen LogP contribution in [-0.2, 0) is 0 Å². The molecule has 3 nitrogen and oxygen atoms in total. The summed E-state index contributed by atoms with van der Waals surface area (Å²) in [5, 5.41) is 4.02. The van der Waals surface area contributed by atoms with E-state index in [4.69, 9.17) is 0 Å². The van der Waals surface area contributed by atoms with E-state index in [1.54, 1.807) is 22.4 Å². The molecule has 0 radical (unpaired) electrons. The molecule has 0 atom stereocenters. The number of pyridine rings is 1. The van der Waals surface area contributed by atoms with Gasteiger partial charge in [0, 0.05) is 17.1 Å². The lowest BCUT2D eigenvalue weighted by Crippen LogP contribution is -2.56. The van der Waals surface area contributed by atoms with Gasteiger partial charge in [-0.05, 0) is 23.6 Å². The number of aromatic nitrogens is 2. The number of H-pyrrole nitrogens is 1. The van der Waals surface area contributed by atoms with Crippen LogP contribution >= 0.6 is 11.3 Å². The van der Waals surface area contributed by atoms with Gasteiger partial charge in [0.15, 0.2) is 0 Å². The number of anilines is 1. The number of rotatable bonds is 2. The van der Waals surface area contributed by atoms with Gasteiger partial charge in [-0.1, -0.05) is 0 Å². The van der Waals surface area contributed by atoms with E-state index in [1.165, 1.54) is 0 Å². The summed E-state index contributed by atoms with van der Waals surface area (Å²) in [5.41, 5.74) is 4.30. The molecule has 0 aromatic carbocycles. The lowest BCUT2D eigenvalue weighted by molar-refractivity contribution is -0.0261. The highest BCUT2D eigenvalue weighted by Gasteiger charge is 2.44. The van der Waals surface area contributed by atoms with E-state index in [0.29, 0.717) is 0 Å². The lowest BCUT2D eigenvalue weighted by Gasteiger charge is -2.39. The van der Waals surface area contributed by atoms with Crippen molar-refractivity contribution in [3.8, 4) is 11.3 Å². The molecule has 1 fully saturated rings. The van der Waals surface area contributed by atoms with Gasteiger partial charge in [-0.2, -0.15) is 11.3 Å². The highest BCUT2D eigenvalue weighted by Crippen LogP contribution is 2.36. The van der Waals surface area contributed by atoms with Crippen molar-refractivity contribution in [2.75, 3.05) is 18.0 Å². The third-order valence-corrected chi connectivity index (χ3v) is 4.19. The molecule has 1 aliphatic heterocycles. The van der Waals surface area contributed by atoms with E-state index >= 15 is 0 Å². The third kappa shape index (κ3) is 1.79. The van der Waals surface area contributed by atoms with Crippen LogP contribution in [0.2, 0.25) is 0 Å². The number of hydrogen-bond donors (Lipinski definition) is 1. The highest BCUT2D eigenvalue weighted by atomic mass is 32.1. The van der Waals surface area contributed by atoms with E-state index in [0.717, 1.165) is 28.0 Å². The Kier molecular flexibility index (Phi) is 2.38. The van der Waals surface area contributed by atoms with Crippen LogP contribution in [-0.4, -0.2) is 29.0 Å². The van der Waals surface area contributed by atoms with E-state index in [2.05, 4.69) is 9.97 Å². The van der Waals surface area contributed by atoms with Crippen molar-refractivity contribution >= 4 is 28.1 Å². The summed E-state index contributed by atoms with van der Waals surface area (Å²) >= 11 is 1.61. The molecule has 1 N–H and O–H groups in total. The van der Waals surface area contributed by atoms with Gasteiger partial charge in [-0.25, -0.2) is 13.8 Å². The van der Waals surface area contributed by atoms with Gasteiger partial charge in [-0.15, -0.1) is 0 Å². The Morgan fingerprint density at radius 3 is 2.80 bits per heavy atom. The summed E-state index contributed by atoms with van der Waals surface area (Å²) in [5.74, 6) is -2.57. The first-order chi connectivity index (χ1) is 9.62. The van der Waals surface area contributed by atoms with E-state index in [-0.39, 0.29) is 13.1 Å². The highest BCUT2D eigenvalue weighted by molar-refractivity contribution is 7.08. The normalized spacial score (nSPS) is 17.4. The topological polar surface area (TPSA) is 31.9 Å². The van der Waals surface area contributed by atoms with Crippen molar-refractivity contribution < 1.29 is 8.78 Å². The molecule has 0 spiro atoms. The molecule has 3 aromatic heterocycles. The molecule has 20 heavy (non-hydrogen) atoms. The van der Waals surface area contributed by atoms with Crippen LogP contribution in [0.4, 0.5) is 14.5 Å². The molecule has 1 saturated heterocycles. The van der Waals surface area contributed by atoms with Gasteiger partial charge >= 0.3 is 0 Å². The van der Waals surface area contributed by atoms with E-state index < -0.39 is 5.92 Å². The van der Waals surface area contributed by atoms with Crippen molar-refractivity contribution in [1.82, 2.24) is 9.97 Å². The van der Waals surface area contributed by atoms with Gasteiger partial charge in [0.2, 0.25) is 0 Å². The molecule has 3 aromatic rings. The maximum Gasteiger partial charge on any atom is 0.282 e. The van der Waals surface area contributed by atoms with Gasteiger partial charge in [0.05, 0.1) is 30.0 Å².